The summed E-state index contributed by atoms with van der Waals surface area (Å²) in [6.07, 6.45) is 1.70. The van der Waals surface area contributed by atoms with Crippen molar-refractivity contribution in [1.82, 2.24) is 15.1 Å². The van der Waals surface area contributed by atoms with Crippen LogP contribution >= 0.6 is 23.2 Å². The standard InChI is InChI=1S/C16H19Cl2N3O/c1-3-12-5-7-13(8-6-12)16(22)19-9-4-10-21-15(18)14(17)11(2)20-21/h5-8H,3-4,9-10H2,1-2H3,(H,19,22). The van der Waals surface area contributed by atoms with Gasteiger partial charge in [-0.3, -0.25) is 9.48 Å². The van der Waals surface area contributed by atoms with E-state index < -0.39 is 0 Å². The zero-order chi connectivity index (χ0) is 16.1. The van der Waals surface area contributed by atoms with Gasteiger partial charge in [0, 0.05) is 18.7 Å². The van der Waals surface area contributed by atoms with Crippen LogP contribution in [0.1, 0.15) is 35.0 Å². The number of rotatable bonds is 6. The van der Waals surface area contributed by atoms with Gasteiger partial charge in [-0.05, 0) is 37.5 Å². The van der Waals surface area contributed by atoms with Gasteiger partial charge in [-0.1, -0.05) is 42.3 Å². The molecule has 6 heteroatoms. The minimum atomic E-state index is -0.0663. The van der Waals surface area contributed by atoms with Gasteiger partial charge in [-0.15, -0.1) is 0 Å². The summed E-state index contributed by atoms with van der Waals surface area (Å²) in [4.78, 5) is 12.0. The Morgan fingerprint density at radius 3 is 2.50 bits per heavy atom. The number of aryl methyl sites for hydroxylation is 3. The van der Waals surface area contributed by atoms with Crippen molar-refractivity contribution in [2.75, 3.05) is 6.54 Å². The smallest absolute Gasteiger partial charge is 0.251 e. The van der Waals surface area contributed by atoms with E-state index in [2.05, 4.69) is 17.3 Å². The summed E-state index contributed by atoms with van der Waals surface area (Å²) < 4.78 is 1.65. The van der Waals surface area contributed by atoms with E-state index in [1.54, 1.807) is 4.68 Å². The van der Waals surface area contributed by atoms with Gasteiger partial charge < -0.3 is 5.32 Å². The summed E-state index contributed by atoms with van der Waals surface area (Å²) in [6, 6.07) is 7.65. The fourth-order valence-corrected chi connectivity index (χ4v) is 2.50. The average Bonchev–Trinajstić information content (AvgIpc) is 2.78. The van der Waals surface area contributed by atoms with Gasteiger partial charge >= 0.3 is 0 Å². The van der Waals surface area contributed by atoms with Crippen molar-refractivity contribution in [2.24, 2.45) is 0 Å². The van der Waals surface area contributed by atoms with Crippen LogP contribution in [0.2, 0.25) is 10.2 Å². The molecule has 0 atom stereocenters. The Balaban J connectivity index is 1.80. The topological polar surface area (TPSA) is 46.9 Å². The predicted octanol–water partition coefficient (Wildman–Crippen LogP) is 3.88. The molecule has 2 rings (SSSR count). The Morgan fingerprint density at radius 2 is 1.95 bits per heavy atom. The molecule has 0 aliphatic rings. The first-order chi connectivity index (χ1) is 10.5. The lowest BCUT2D eigenvalue weighted by atomic mass is 10.1. The molecule has 1 N–H and O–H groups in total. The third-order valence-corrected chi connectivity index (χ3v) is 4.39. The number of benzene rings is 1. The lowest BCUT2D eigenvalue weighted by Crippen LogP contribution is -2.25. The van der Waals surface area contributed by atoms with Crippen molar-refractivity contribution in [3.05, 3.63) is 51.3 Å². The van der Waals surface area contributed by atoms with Gasteiger partial charge in [-0.25, -0.2) is 0 Å². The second kappa shape index (κ2) is 7.65. The molecule has 0 aliphatic heterocycles. The Kier molecular flexibility index (Phi) is 5.86. The van der Waals surface area contributed by atoms with E-state index in [9.17, 15) is 4.79 Å². The van der Waals surface area contributed by atoms with Crippen molar-refractivity contribution in [1.29, 1.82) is 0 Å². The first kappa shape index (κ1) is 16.8. The highest BCUT2D eigenvalue weighted by Crippen LogP contribution is 2.24. The summed E-state index contributed by atoms with van der Waals surface area (Å²) in [7, 11) is 0. The molecule has 1 aromatic carbocycles. The van der Waals surface area contributed by atoms with E-state index in [0.717, 1.165) is 12.8 Å². The third kappa shape index (κ3) is 4.02. The highest BCUT2D eigenvalue weighted by Gasteiger charge is 2.10. The fourth-order valence-electron chi connectivity index (χ4n) is 2.10. The zero-order valence-corrected chi connectivity index (χ0v) is 14.2. The number of hydrogen-bond acceptors (Lipinski definition) is 2. The van der Waals surface area contributed by atoms with E-state index in [4.69, 9.17) is 23.2 Å². The van der Waals surface area contributed by atoms with Crippen LogP contribution < -0.4 is 5.32 Å². The molecule has 0 saturated heterocycles. The molecule has 1 amide bonds. The van der Waals surface area contributed by atoms with Gasteiger partial charge in [0.25, 0.3) is 5.91 Å². The predicted molar refractivity (Wildman–Crippen MR) is 89.8 cm³/mol. The average molecular weight is 340 g/mol. The minimum Gasteiger partial charge on any atom is -0.352 e. The molecule has 118 valence electrons. The maximum absolute atomic E-state index is 12.0. The van der Waals surface area contributed by atoms with Crippen LogP contribution in [0.4, 0.5) is 0 Å². The quantitative estimate of drug-likeness (QED) is 0.811. The first-order valence-corrected chi connectivity index (χ1v) is 8.04. The number of carbonyl (C=O) groups excluding carboxylic acids is 1. The van der Waals surface area contributed by atoms with Crippen LogP contribution in [0.25, 0.3) is 0 Å². The van der Waals surface area contributed by atoms with Crippen LogP contribution in [0, 0.1) is 6.92 Å². The summed E-state index contributed by atoms with van der Waals surface area (Å²) in [5.41, 5.74) is 2.61. The summed E-state index contributed by atoms with van der Waals surface area (Å²) in [5, 5.41) is 8.07. The van der Waals surface area contributed by atoms with E-state index in [1.165, 1.54) is 5.56 Å². The SMILES string of the molecule is CCc1ccc(C(=O)NCCCn2nc(C)c(Cl)c2Cl)cc1. The third-order valence-electron chi connectivity index (χ3n) is 3.45. The maximum atomic E-state index is 12.0. The highest BCUT2D eigenvalue weighted by molar-refractivity contribution is 6.41. The number of carbonyl (C=O) groups is 1. The zero-order valence-electron chi connectivity index (χ0n) is 12.7. The minimum absolute atomic E-state index is 0.0663. The molecule has 22 heavy (non-hydrogen) atoms. The van der Waals surface area contributed by atoms with E-state index in [0.29, 0.717) is 34.5 Å². The first-order valence-electron chi connectivity index (χ1n) is 7.28. The van der Waals surface area contributed by atoms with Crippen molar-refractivity contribution in [3.63, 3.8) is 0 Å². The summed E-state index contributed by atoms with van der Waals surface area (Å²) in [5.74, 6) is -0.0663. The molecule has 0 unspecified atom stereocenters. The van der Waals surface area contributed by atoms with Crippen LogP contribution in [0.5, 0.6) is 0 Å². The molecule has 4 nitrogen and oxygen atoms in total. The molecule has 0 bridgehead atoms. The number of nitrogens with one attached hydrogen (secondary N) is 1. The van der Waals surface area contributed by atoms with E-state index in [-0.39, 0.29) is 5.91 Å². The van der Waals surface area contributed by atoms with Crippen molar-refractivity contribution >= 4 is 29.1 Å². The molecule has 0 aliphatic carbocycles. The summed E-state index contributed by atoms with van der Waals surface area (Å²) >= 11 is 12.0. The normalized spacial score (nSPS) is 10.7. The Bertz CT molecular complexity index is 650. The molecular formula is C16H19Cl2N3O. The maximum Gasteiger partial charge on any atom is 0.251 e. The second-order valence-electron chi connectivity index (χ2n) is 5.07. The van der Waals surface area contributed by atoms with Gasteiger partial charge in [0.2, 0.25) is 0 Å². The molecule has 0 saturated carbocycles. The van der Waals surface area contributed by atoms with Crippen molar-refractivity contribution < 1.29 is 4.79 Å². The number of hydrogen-bond donors (Lipinski definition) is 1. The Hall–Kier alpha value is -1.52. The summed E-state index contributed by atoms with van der Waals surface area (Å²) in [6.45, 7) is 5.07. The second-order valence-corrected chi connectivity index (χ2v) is 5.81. The highest BCUT2D eigenvalue weighted by atomic mass is 35.5. The number of halogens is 2. The van der Waals surface area contributed by atoms with Crippen LogP contribution in [0.15, 0.2) is 24.3 Å². The Morgan fingerprint density at radius 1 is 1.27 bits per heavy atom. The van der Waals surface area contributed by atoms with Crippen molar-refractivity contribution in [2.45, 2.75) is 33.2 Å². The number of nitrogens with zero attached hydrogens (tertiary/aromatic N) is 2. The number of amides is 1. The molecule has 1 aromatic heterocycles. The van der Waals surface area contributed by atoms with Crippen LogP contribution in [-0.2, 0) is 13.0 Å². The molecule has 2 aromatic rings. The number of aromatic nitrogens is 2. The lowest BCUT2D eigenvalue weighted by Gasteiger charge is -2.07. The molecular weight excluding hydrogens is 321 g/mol. The Labute approximate surface area is 140 Å². The monoisotopic (exact) mass is 339 g/mol. The van der Waals surface area contributed by atoms with Gasteiger partial charge in [0.15, 0.2) is 0 Å². The van der Waals surface area contributed by atoms with Crippen LogP contribution in [-0.4, -0.2) is 22.2 Å². The van der Waals surface area contributed by atoms with Crippen molar-refractivity contribution in [3.8, 4) is 0 Å². The van der Waals surface area contributed by atoms with Gasteiger partial charge in [-0.2, -0.15) is 5.10 Å². The molecule has 0 spiro atoms. The van der Waals surface area contributed by atoms with E-state index in [1.807, 2.05) is 31.2 Å². The molecule has 0 fully saturated rings. The molecule has 1 heterocycles. The van der Waals surface area contributed by atoms with E-state index >= 15 is 0 Å². The van der Waals surface area contributed by atoms with Gasteiger partial charge in [0.1, 0.15) is 10.2 Å². The van der Waals surface area contributed by atoms with Gasteiger partial charge in [0.05, 0.1) is 5.69 Å². The lowest BCUT2D eigenvalue weighted by molar-refractivity contribution is 0.0952. The largest absolute Gasteiger partial charge is 0.352 e. The molecule has 0 radical (unpaired) electrons. The fraction of sp³-hybridized carbons (Fsp3) is 0.375. The van der Waals surface area contributed by atoms with Crippen LogP contribution in [0.3, 0.4) is 0 Å².